The Kier molecular flexibility index (Phi) is 7.43. The molecule has 0 saturated heterocycles. The molecule has 0 aliphatic rings. The van der Waals surface area contributed by atoms with Crippen LogP contribution in [0.25, 0.3) is 77.9 Å². The summed E-state index contributed by atoms with van der Waals surface area (Å²) in [6, 6.07) is 67.5. The lowest BCUT2D eigenvalue weighted by atomic mass is 9.93. The maximum Gasteiger partial charge on any atom is 0.227 e. The Labute approximate surface area is 306 Å². The molecular weight excluding hydrogens is 649 g/mol. The van der Waals surface area contributed by atoms with Crippen molar-refractivity contribution in [1.82, 2.24) is 4.98 Å². The van der Waals surface area contributed by atoms with Gasteiger partial charge in [0, 0.05) is 28.4 Å². The van der Waals surface area contributed by atoms with Gasteiger partial charge in [-0.05, 0) is 75.8 Å². The van der Waals surface area contributed by atoms with E-state index in [1.54, 1.807) is 0 Å². The Morgan fingerprint density at radius 2 is 0.925 bits per heavy atom. The number of oxazole rings is 1. The van der Waals surface area contributed by atoms with E-state index in [2.05, 4.69) is 144 Å². The monoisotopic (exact) mass is 680 g/mol. The minimum Gasteiger partial charge on any atom is -0.456 e. The third-order valence-electron chi connectivity index (χ3n) is 9.91. The van der Waals surface area contributed by atoms with Crippen LogP contribution in [0.4, 0.5) is 17.1 Å². The van der Waals surface area contributed by atoms with Crippen molar-refractivity contribution in [3.8, 4) is 44.8 Å². The van der Waals surface area contributed by atoms with E-state index in [1.807, 2.05) is 54.6 Å². The first kappa shape index (κ1) is 30.6. The van der Waals surface area contributed by atoms with Gasteiger partial charge in [-0.1, -0.05) is 146 Å². The Balaban J connectivity index is 1.29. The number of rotatable bonds is 7. The fourth-order valence-corrected chi connectivity index (χ4v) is 7.41. The topological polar surface area (TPSA) is 42.4 Å². The van der Waals surface area contributed by atoms with Crippen LogP contribution in [0.2, 0.25) is 0 Å². The second kappa shape index (κ2) is 12.9. The van der Waals surface area contributed by atoms with Gasteiger partial charge in [0.05, 0.1) is 11.1 Å². The lowest BCUT2D eigenvalue weighted by Gasteiger charge is -2.28. The molecule has 2 heterocycles. The fraction of sp³-hybridized carbons (Fsp3) is 0. The molecule has 0 aliphatic heterocycles. The second-order valence-corrected chi connectivity index (χ2v) is 13.1. The number of anilines is 3. The molecule has 0 aliphatic carbocycles. The summed E-state index contributed by atoms with van der Waals surface area (Å²) in [4.78, 5) is 7.57. The van der Waals surface area contributed by atoms with E-state index < -0.39 is 0 Å². The lowest BCUT2D eigenvalue weighted by Crippen LogP contribution is -2.11. The predicted molar refractivity (Wildman–Crippen MR) is 218 cm³/mol. The largest absolute Gasteiger partial charge is 0.456 e. The van der Waals surface area contributed by atoms with Crippen LogP contribution in [0.15, 0.2) is 203 Å². The third-order valence-corrected chi connectivity index (χ3v) is 9.91. The van der Waals surface area contributed by atoms with E-state index in [0.29, 0.717) is 11.5 Å². The number of hydrogen-bond acceptors (Lipinski definition) is 4. The van der Waals surface area contributed by atoms with Gasteiger partial charge in [-0.15, -0.1) is 0 Å². The number of fused-ring (bicyclic) bond motifs is 4. The van der Waals surface area contributed by atoms with E-state index >= 15 is 0 Å². The van der Waals surface area contributed by atoms with E-state index in [9.17, 15) is 0 Å². The fourth-order valence-electron chi connectivity index (χ4n) is 7.41. The van der Waals surface area contributed by atoms with Crippen LogP contribution in [-0.4, -0.2) is 4.98 Å². The highest BCUT2D eigenvalue weighted by Gasteiger charge is 2.27. The summed E-state index contributed by atoms with van der Waals surface area (Å²) in [7, 11) is 0. The molecule has 8 aromatic carbocycles. The average Bonchev–Trinajstić information content (AvgIpc) is 3.84. The molecule has 53 heavy (non-hydrogen) atoms. The number of hydrogen-bond donors (Lipinski definition) is 0. The highest BCUT2D eigenvalue weighted by molar-refractivity contribution is 6.20. The summed E-state index contributed by atoms with van der Waals surface area (Å²) in [6.07, 6.45) is 0. The van der Waals surface area contributed by atoms with Gasteiger partial charge in [0.15, 0.2) is 5.58 Å². The number of para-hydroxylation sites is 1. The van der Waals surface area contributed by atoms with E-state index in [-0.39, 0.29) is 0 Å². The number of nitrogens with zero attached hydrogens (tertiary/aromatic N) is 2. The van der Waals surface area contributed by atoms with Gasteiger partial charge >= 0.3 is 0 Å². The first-order valence-electron chi connectivity index (χ1n) is 17.8. The first-order chi connectivity index (χ1) is 26.3. The molecule has 2 aromatic heterocycles. The molecule has 0 fully saturated rings. The average molecular weight is 681 g/mol. The molecule has 0 saturated carbocycles. The molecule has 0 N–H and O–H groups in total. The van der Waals surface area contributed by atoms with Crippen molar-refractivity contribution in [3.05, 3.63) is 194 Å². The lowest BCUT2D eigenvalue weighted by molar-refractivity contribution is 0.617. The standard InChI is InChI=1S/C49H32N2O2/c1-5-15-33(16-6-1)34-25-27-38(28-26-34)51(39-29-30-40(35-17-7-2-8-18-35)42(31-39)36-19-9-3-10-20-36)48-46-41-23-13-14-24-43(41)52-44(46)32-45-47(48)50-49(53-45)37-21-11-4-12-22-37/h1-32H. The Bertz CT molecular complexity index is 2860. The summed E-state index contributed by atoms with van der Waals surface area (Å²) in [5.41, 5.74) is 13.6. The predicted octanol–water partition coefficient (Wildman–Crippen LogP) is 13.9. The molecule has 250 valence electrons. The zero-order valence-corrected chi connectivity index (χ0v) is 28.7. The number of furan rings is 1. The summed E-state index contributed by atoms with van der Waals surface area (Å²) in [6.45, 7) is 0. The second-order valence-electron chi connectivity index (χ2n) is 13.1. The molecule has 0 bridgehead atoms. The van der Waals surface area contributed by atoms with Crippen LogP contribution in [0.5, 0.6) is 0 Å². The Morgan fingerprint density at radius 1 is 0.377 bits per heavy atom. The zero-order chi connectivity index (χ0) is 35.1. The molecule has 0 unspecified atom stereocenters. The van der Waals surface area contributed by atoms with E-state index in [0.717, 1.165) is 77.9 Å². The highest BCUT2D eigenvalue weighted by atomic mass is 16.4. The van der Waals surface area contributed by atoms with Gasteiger partial charge < -0.3 is 13.7 Å². The molecule has 0 radical (unpaired) electrons. The first-order valence-corrected chi connectivity index (χ1v) is 17.8. The van der Waals surface area contributed by atoms with Crippen molar-refractivity contribution in [2.24, 2.45) is 0 Å². The van der Waals surface area contributed by atoms with Crippen molar-refractivity contribution < 1.29 is 8.83 Å². The maximum atomic E-state index is 6.57. The number of aromatic nitrogens is 1. The summed E-state index contributed by atoms with van der Waals surface area (Å²) >= 11 is 0. The maximum absolute atomic E-state index is 6.57. The Morgan fingerprint density at radius 3 is 1.60 bits per heavy atom. The van der Waals surface area contributed by atoms with Gasteiger partial charge in [-0.25, -0.2) is 4.98 Å². The van der Waals surface area contributed by atoms with Crippen molar-refractivity contribution in [3.63, 3.8) is 0 Å². The quantitative estimate of drug-likeness (QED) is 0.168. The van der Waals surface area contributed by atoms with Gasteiger partial charge in [0.2, 0.25) is 5.89 Å². The smallest absolute Gasteiger partial charge is 0.227 e. The Hall–Kier alpha value is -7.17. The molecule has 10 rings (SSSR count). The van der Waals surface area contributed by atoms with Crippen LogP contribution in [0, 0.1) is 0 Å². The van der Waals surface area contributed by atoms with Crippen molar-refractivity contribution >= 4 is 50.1 Å². The van der Waals surface area contributed by atoms with E-state index in [4.69, 9.17) is 13.8 Å². The van der Waals surface area contributed by atoms with Gasteiger partial charge in [-0.3, -0.25) is 0 Å². The molecule has 4 heteroatoms. The van der Waals surface area contributed by atoms with Gasteiger partial charge in [-0.2, -0.15) is 0 Å². The normalized spacial score (nSPS) is 11.4. The van der Waals surface area contributed by atoms with Gasteiger partial charge in [0.25, 0.3) is 0 Å². The minimum absolute atomic E-state index is 0.558. The molecule has 0 amide bonds. The van der Waals surface area contributed by atoms with Crippen LogP contribution >= 0.6 is 0 Å². The molecule has 10 aromatic rings. The minimum atomic E-state index is 0.558. The van der Waals surface area contributed by atoms with Crippen molar-refractivity contribution in [2.45, 2.75) is 0 Å². The van der Waals surface area contributed by atoms with Crippen LogP contribution in [-0.2, 0) is 0 Å². The third kappa shape index (κ3) is 5.45. The van der Waals surface area contributed by atoms with Crippen LogP contribution in [0.3, 0.4) is 0 Å². The van der Waals surface area contributed by atoms with Crippen molar-refractivity contribution in [1.29, 1.82) is 0 Å². The zero-order valence-electron chi connectivity index (χ0n) is 28.7. The number of benzene rings is 8. The summed E-state index contributed by atoms with van der Waals surface area (Å²) < 4.78 is 13.1. The molecule has 0 atom stereocenters. The van der Waals surface area contributed by atoms with Crippen LogP contribution < -0.4 is 4.90 Å². The van der Waals surface area contributed by atoms with E-state index in [1.165, 1.54) is 5.56 Å². The summed E-state index contributed by atoms with van der Waals surface area (Å²) in [5.74, 6) is 0.558. The highest BCUT2D eigenvalue weighted by Crippen LogP contribution is 2.49. The molecule has 4 nitrogen and oxygen atoms in total. The molecular formula is C49H32N2O2. The summed E-state index contributed by atoms with van der Waals surface area (Å²) in [5, 5.41) is 1.99. The van der Waals surface area contributed by atoms with Crippen molar-refractivity contribution in [2.75, 3.05) is 4.90 Å². The van der Waals surface area contributed by atoms with Crippen LogP contribution in [0.1, 0.15) is 0 Å². The van der Waals surface area contributed by atoms with Gasteiger partial charge in [0.1, 0.15) is 16.7 Å². The molecule has 0 spiro atoms. The SMILES string of the molecule is c1ccc(-c2ccc(N(c3ccc(-c4ccccc4)c(-c4ccccc4)c3)c3c4nc(-c5ccccc5)oc4cc4oc5ccccc5c34)cc2)cc1.